The van der Waals surface area contributed by atoms with Gasteiger partial charge in [0.15, 0.2) is 5.96 Å². The molecule has 0 saturated heterocycles. The maximum absolute atomic E-state index is 5.26. The number of guanidine groups is 1. The molecule has 1 heterocycles. The maximum Gasteiger partial charge on any atom is 0.191 e. The average molecular weight is 450 g/mol. The van der Waals surface area contributed by atoms with Crippen molar-refractivity contribution in [3.8, 4) is 0 Å². The van der Waals surface area contributed by atoms with Crippen LogP contribution in [0.3, 0.4) is 0 Å². The Kier molecular flexibility index (Phi) is 12.1. The van der Waals surface area contributed by atoms with Crippen molar-refractivity contribution < 1.29 is 4.52 Å². The maximum atomic E-state index is 5.26. The number of aliphatic imine (C=N–C) groups is 1. The van der Waals surface area contributed by atoms with Crippen molar-refractivity contribution in [2.45, 2.75) is 66.2 Å². The standard InChI is InChI=1S/C18H34N4O.HI/c1-7-9-10-16(8-2)12-21-18(19-6)20-11-13(3)17-14(4)22-23-15(17)5;/h13,16H,7-12H2,1-6H3,(H2,19,20,21);1H. The Hall–Kier alpha value is -0.790. The number of nitrogens with zero attached hydrogens (tertiary/aromatic N) is 2. The van der Waals surface area contributed by atoms with Crippen LogP contribution < -0.4 is 10.6 Å². The predicted octanol–water partition coefficient (Wildman–Crippen LogP) is 4.39. The van der Waals surface area contributed by atoms with Gasteiger partial charge in [-0.15, -0.1) is 24.0 Å². The van der Waals surface area contributed by atoms with Crippen LogP contribution in [-0.4, -0.2) is 31.3 Å². The first-order chi connectivity index (χ1) is 11.0. The van der Waals surface area contributed by atoms with Gasteiger partial charge in [-0.05, 0) is 26.2 Å². The van der Waals surface area contributed by atoms with Crippen molar-refractivity contribution in [1.82, 2.24) is 15.8 Å². The summed E-state index contributed by atoms with van der Waals surface area (Å²) in [5.41, 5.74) is 2.17. The molecule has 0 aromatic carbocycles. The Morgan fingerprint density at radius 2 is 1.88 bits per heavy atom. The highest BCUT2D eigenvalue weighted by Gasteiger charge is 2.16. The van der Waals surface area contributed by atoms with Gasteiger partial charge >= 0.3 is 0 Å². The number of aryl methyl sites for hydroxylation is 2. The second-order valence-corrected chi connectivity index (χ2v) is 6.39. The number of hydrogen-bond donors (Lipinski definition) is 2. The fourth-order valence-corrected chi connectivity index (χ4v) is 2.95. The molecule has 0 aliphatic carbocycles. The van der Waals surface area contributed by atoms with E-state index in [-0.39, 0.29) is 24.0 Å². The molecule has 0 radical (unpaired) electrons. The van der Waals surface area contributed by atoms with E-state index in [0.717, 1.165) is 30.5 Å². The van der Waals surface area contributed by atoms with Gasteiger partial charge in [0.05, 0.1) is 5.69 Å². The molecule has 140 valence electrons. The van der Waals surface area contributed by atoms with Gasteiger partial charge < -0.3 is 15.2 Å². The van der Waals surface area contributed by atoms with Crippen LogP contribution in [0.4, 0.5) is 0 Å². The zero-order valence-corrected chi connectivity index (χ0v) is 18.4. The van der Waals surface area contributed by atoms with Crippen LogP contribution in [0.5, 0.6) is 0 Å². The number of unbranched alkanes of at least 4 members (excludes halogenated alkanes) is 1. The van der Waals surface area contributed by atoms with E-state index in [4.69, 9.17) is 4.52 Å². The monoisotopic (exact) mass is 450 g/mol. The smallest absolute Gasteiger partial charge is 0.191 e. The summed E-state index contributed by atoms with van der Waals surface area (Å²) in [4.78, 5) is 4.33. The van der Waals surface area contributed by atoms with E-state index in [1.54, 1.807) is 0 Å². The van der Waals surface area contributed by atoms with Crippen molar-refractivity contribution in [3.05, 3.63) is 17.0 Å². The van der Waals surface area contributed by atoms with E-state index in [1.807, 2.05) is 20.9 Å². The van der Waals surface area contributed by atoms with Gasteiger partial charge in [0.1, 0.15) is 5.76 Å². The molecule has 1 rings (SSSR count). The fourth-order valence-electron chi connectivity index (χ4n) is 2.95. The largest absolute Gasteiger partial charge is 0.361 e. The molecule has 24 heavy (non-hydrogen) atoms. The number of nitrogens with one attached hydrogen (secondary N) is 2. The zero-order valence-electron chi connectivity index (χ0n) is 16.1. The van der Waals surface area contributed by atoms with Crippen LogP contribution in [0.25, 0.3) is 0 Å². The first kappa shape index (κ1) is 23.2. The van der Waals surface area contributed by atoms with Crippen molar-refractivity contribution >= 4 is 29.9 Å². The first-order valence-corrected chi connectivity index (χ1v) is 8.90. The van der Waals surface area contributed by atoms with Crippen LogP contribution in [0.15, 0.2) is 9.52 Å². The van der Waals surface area contributed by atoms with Crippen LogP contribution in [0, 0.1) is 19.8 Å². The SMILES string of the molecule is CCCCC(CC)CNC(=NC)NCC(C)c1c(C)noc1C.I. The summed E-state index contributed by atoms with van der Waals surface area (Å²) in [5, 5.41) is 10.9. The van der Waals surface area contributed by atoms with Crippen molar-refractivity contribution in [2.75, 3.05) is 20.1 Å². The Morgan fingerprint density at radius 1 is 1.21 bits per heavy atom. The van der Waals surface area contributed by atoms with Crippen LogP contribution in [0.1, 0.15) is 69.4 Å². The van der Waals surface area contributed by atoms with Crippen molar-refractivity contribution in [2.24, 2.45) is 10.9 Å². The third-order valence-corrected chi connectivity index (χ3v) is 4.48. The Bertz CT molecular complexity index is 468. The molecule has 5 nitrogen and oxygen atoms in total. The van der Waals surface area contributed by atoms with Crippen LogP contribution in [-0.2, 0) is 0 Å². The number of rotatable bonds is 9. The van der Waals surface area contributed by atoms with E-state index in [9.17, 15) is 0 Å². The second-order valence-electron chi connectivity index (χ2n) is 6.39. The highest BCUT2D eigenvalue weighted by Crippen LogP contribution is 2.22. The van der Waals surface area contributed by atoms with E-state index in [2.05, 4.69) is 41.6 Å². The minimum atomic E-state index is 0. The van der Waals surface area contributed by atoms with E-state index in [1.165, 1.54) is 31.2 Å². The van der Waals surface area contributed by atoms with Gasteiger partial charge in [-0.1, -0.05) is 45.2 Å². The molecule has 0 bridgehead atoms. The summed E-state index contributed by atoms with van der Waals surface area (Å²) >= 11 is 0. The molecule has 0 aliphatic heterocycles. The lowest BCUT2D eigenvalue weighted by Crippen LogP contribution is -2.41. The molecule has 1 aromatic rings. The molecule has 6 heteroatoms. The first-order valence-electron chi connectivity index (χ1n) is 8.90. The minimum Gasteiger partial charge on any atom is -0.361 e. The lowest BCUT2D eigenvalue weighted by atomic mass is 9.99. The van der Waals surface area contributed by atoms with Crippen LogP contribution >= 0.6 is 24.0 Å². The van der Waals surface area contributed by atoms with Gasteiger partial charge in [0, 0.05) is 31.6 Å². The third kappa shape index (κ3) is 7.40. The molecule has 0 saturated carbocycles. The Balaban J connectivity index is 0.00000529. The molecule has 2 atom stereocenters. The molecule has 0 fully saturated rings. The second kappa shape index (κ2) is 12.6. The number of halogens is 1. The number of aromatic nitrogens is 1. The highest BCUT2D eigenvalue weighted by atomic mass is 127. The van der Waals surface area contributed by atoms with Crippen molar-refractivity contribution in [3.63, 3.8) is 0 Å². The Morgan fingerprint density at radius 3 is 2.38 bits per heavy atom. The summed E-state index contributed by atoms with van der Waals surface area (Å²) in [6.07, 6.45) is 5.06. The molecule has 2 N–H and O–H groups in total. The summed E-state index contributed by atoms with van der Waals surface area (Å²) < 4.78 is 5.26. The minimum absolute atomic E-state index is 0. The molecule has 2 unspecified atom stereocenters. The quantitative estimate of drug-likeness (QED) is 0.333. The normalized spacial score (nSPS) is 14.0. The van der Waals surface area contributed by atoms with E-state index < -0.39 is 0 Å². The topological polar surface area (TPSA) is 62.5 Å². The summed E-state index contributed by atoms with van der Waals surface area (Å²) in [7, 11) is 1.82. The molecular weight excluding hydrogens is 415 g/mol. The van der Waals surface area contributed by atoms with Gasteiger partial charge in [-0.2, -0.15) is 0 Å². The van der Waals surface area contributed by atoms with E-state index in [0.29, 0.717) is 11.8 Å². The summed E-state index contributed by atoms with van der Waals surface area (Å²) in [5.74, 6) is 2.83. The number of hydrogen-bond acceptors (Lipinski definition) is 3. The molecule has 0 spiro atoms. The van der Waals surface area contributed by atoms with E-state index >= 15 is 0 Å². The van der Waals surface area contributed by atoms with Crippen LogP contribution in [0.2, 0.25) is 0 Å². The van der Waals surface area contributed by atoms with Crippen molar-refractivity contribution in [1.29, 1.82) is 0 Å². The average Bonchev–Trinajstić information content (AvgIpc) is 2.88. The van der Waals surface area contributed by atoms with Gasteiger partial charge in [-0.3, -0.25) is 4.99 Å². The van der Waals surface area contributed by atoms with Gasteiger partial charge in [0.25, 0.3) is 0 Å². The Labute approximate surface area is 164 Å². The molecule has 0 aliphatic rings. The lowest BCUT2D eigenvalue weighted by Gasteiger charge is -2.19. The summed E-state index contributed by atoms with van der Waals surface area (Å²) in [6.45, 7) is 12.5. The van der Waals surface area contributed by atoms with Gasteiger partial charge in [-0.25, -0.2) is 0 Å². The zero-order chi connectivity index (χ0) is 17.2. The lowest BCUT2D eigenvalue weighted by molar-refractivity contribution is 0.391. The fraction of sp³-hybridized carbons (Fsp3) is 0.778. The summed E-state index contributed by atoms with van der Waals surface area (Å²) in [6, 6.07) is 0. The molecule has 0 amide bonds. The third-order valence-electron chi connectivity index (χ3n) is 4.48. The highest BCUT2D eigenvalue weighted by molar-refractivity contribution is 14.0. The molecule has 1 aromatic heterocycles. The predicted molar refractivity (Wildman–Crippen MR) is 112 cm³/mol. The van der Waals surface area contributed by atoms with Gasteiger partial charge in [0.2, 0.25) is 0 Å². The molecular formula is C18H35IN4O.